The number of hydrogen-bond acceptors (Lipinski definition) is 8. The summed E-state index contributed by atoms with van der Waals surface area (Å²) in [7, 11) is 2.16. The Labute approximate surface area is 244 Å². The second-order valence-electron chi connectivity index (χ2n) is 10.6. The zero-order valence-electron chi connectivity index (χ0n) is 23.2. The van der Waals surface area contributed by atoms with Crippen molar-refractivity contribution < 1.29 is 9.53 Å². The molecular formula is C32H31ClN6O2. The lowest BCUT2D eigenvalue weighted by Crippen LogP contribution is -2.43. The number of aromatic nitrogens is 3. The van der Waals surface area contributed by atoms with Gasteiger partial charge in [0.2, 0.25) is 5.88 Å². The first-order valence-electron chi connectivity index (χ1n) is 13.7. The molecule has 2 aliphatic heterocycles. The van der Waals surface area contributed by atoms with Gasteiger partial charge in [0.1, 0.15) is 5.75 Å². The minimum absolute atomic E-state index is 0.00669. The summed E-state index contributed by atoms with van der Waals surface area (Å²) in [5, 5.41) is 0.514. The first-order valence-corrected chi connectivity index (χ1v) is 14.1. The van der Waals surface area contributed by atoms with E-state index in [0.29, 0.717) is 40.1 Å². The third kappa shape index (κ3) is 6.20. The van der Waals surface area contributed by atoms with Crippen molar-refractivity contribution in [1.82, 2.24) is 24.8 Å². The van der Waals surface area contributed by atoms with Gasteiger partial charge in [0.05, 0.1) is 17.8 Å². The molecule has 41 heavy (non-hydrogen) atoms. The highest BCUT2D eigenvalue weighted by molar-refractivity contribution is 6.31. The van der Waals surface area contributed by atoms with Crippen molar-refractivity contribution in [2.75, 3.05) is 33.2 Å². The number of pyridine rings is 1. The van der Waals surface area contributed by atoms with Crippen LogP contribution in [-0.4, -0.2) is 70.0 Å². The fourth-order valence-electron chi connectivity index (χ4n) is 5.10. The van der Waals surface area contributed by atoms with Gasteiger partial charge in [-0.25, -0.2) is 4.98 Å². The van der Waals surface area contributed by atoms with Gasteiger partial charge in [-0.3, -0.25) is 19.7 Å². The third-order valence-corrected chi connectivity index (χ3v) is 7.98. The van der Waals surface area contributed by atoms with Crippen LogP contribution < -0.4 is 4.74 Å². The van der Waals surface area contributed by atoms with Gasteiger partial charge in [-0.1, -0.05) is 23.7 Å². The molecule has 1 saturated heterocycles. The Balaban J connectivity index is 1.19. The van der Waals surface area contributed by atoms with Crippen molar-refractivity contribution in [3.8, 4) is 23.0 Å². The van der Waals surface area contributed by atoms with E-state index in [1.165, 1.54) is 5.56 Å². The van der Waals surface area contributed by atoms with Gasteiger partial charge in [-0.05, 0) is 67.1 Å². The van der Waals surface area contributed by atoms with Gasteiger partial charge >= 0.3 is 0 Å². The molecule has 9 heteroatoms. The van der Waals surface area contributed by atoms with Crippen LogP contribution in [0.3, 0.4) is 0 Å². The topological polar surface area (TPSA) is 83.8 Å². The molecule has 0 aliphatic carbocycles. The smallest absolute Gasteiger partial charge is 0.232 e. The van der Waals surface area contributed by atoms with Crippen LogP contribution in [0.25, 0.3) is 11.4 Å². The summed E-state index contributed by atoms with van der Waals surface area (Å²) in [6.07, 6.45) is 5.32. The summed E-state index contributed by atoms with van der Waals surface area (Å²) in [6.45, 7) is 7.73. The number of fused-ring (bicyclic) bond motifs is 1. The summed E-state index contributed by atoms with van der Waals surface area (Å²) in [4.78, 5) is 36.0. The minimum atomic E-state index is 0.00669. The molecule has 0 spiro atoms. The van der Waals surface area contributed by atoms with Crippen molar-refractivity contribution in [2.45, 2.75) is 26.4 Å². The number of benzene rings is 2. The normalized spacial score (nSPS) is 15.2. The summed E-state index contributed by atoms with van der Waals surface area (Å²) in [6, 6.07) is 15.1. The number of Topliss-reactive ketones (excluding diaryl/α,β-unsaturated/α-hetero) is 1. The fourth-order valence-corrected chi connectivity index (χ4v) is 5.28. The molecule has 2 aromatic carbocycles. The predicted octanol–water partition coefficient (Wildman–Crippen LogP) is 5.40. The third-order valence-electron chi connectivity index (χ3n) is 7.61. The Morgan fingerprint density at radius 1 is 1.02 bits per heavy atom. The number of likely N-dealkylation sites (N-methyl/N-ethyl adjacent to an activating group) is 1. The van der Waals surface area contributed by atoms with Crippen molar-refractivity contribution in [3.63, 3.8) is 0 Å². The Hall–Kier alpha value is -3.98. The first kappa shape index (κ1) is 27.2. The van der Waals surface area contributed by atoms with Crippen LogP contribution in [0.4, 0.5) is 0 Å². The van der Waals surface area contributed by atoms with Gasteiger partial charge in [-0.15, -0.1) is 0 Å². The van der Waals surface area contributed by atoms with Crippen LogP contribution in [0.15, 0.2) is 65.9 Å². The maximum absolute atomic E-state index is 13.3. The standard InChI is InChI=1S/C32H31ClN6O2/c1-21-14-22(5-6-24(21)20-39-12-10-38(2)11-13-39)30(40)16-25-15-26(7-8-28(25)33)41-32-27-18-35-19-29(27)36-31(37-32)23-4-3-9-34-17-23/h3-9,14-15,17-18H,10-13,16,19-20H2,1-2H3. The molecule has 0 bridgehead atoms. The molecule has 0 atom stereocenters. The van der Waals surface area contributed by atoms with Crippen LogP contribution in [-0.2, 0) is 19.5 Å². The maximum Gasteiger partial charge on any atom is 0.232 e. The average Bonchev–Trinajstić information content (AvgIpc) is 3.47. The van der Waals surface area contributed by atoms with Crippen LogP contribution in [0, 0.1) is 6.92 Å². The van der Waals surface area contributed by atoms with Crippen LogP contribution in [0.2, 0.25) is 5.02 Å². The van der Waals surface area contributed by atoms with Crippen LogP contribution in [0.5, 0.6) is 11.6 Å². The van der Waals surface area contributed by atoms with E-state index < -0.39 is 0 Å². The number of hydrogen-bond donors (Lipinski definition) is 0. The second kappa shape index (κ2) is 11.9. The number of halogens is 1. The number of rotatable bonds is 8. The second-order valence-corrected chi connectivity index (χ2v) is 11.0. The van der Waals surface area contributed by atoms with E-state index in [1.807, 2.05) is 24.3 Å². The number of ether oxygens (including phenoxy) is 1. The molecule has 0 radical (unpaired) electrons. The van der Waals surface area contributed by atoms with Crippen LogP contribution in [0.1, 0.15) is 38.3 Å². The van der Waals surface area contributed by atoms with E-state index in [9.17, 15) is 4.79 Å². The highest BCUT2D eigenvalue weighted by Gasteiger charge is 2.20. The minimum Gasteiger partial charge on any atom is -0.438 e. The molecule has 6 rings (SSSR count). The number of piperazine rings is 1. The largest absolute Gasteiger partial charge is 0.438 e. The van der Waals surface area contributed by atoms with Gasteiger partial charge in [0, 0.05) is 73.9 Å². The molecule has 1 fully saturated rings. The van der Waals surface area contributed by atoms with Gasteiger partial charge in [0.25, 0.3) is 0 Å². The Morgan fingerprint density at radius 3 is 2.66 bits per heavy atom. The van der Waals surface area contributed by atoms with E-state index in [0.717, 1.165) is 55.1 Å². The molecule has 4 heterocycles. The Bertz CT molecular complexity index is 1620. The summed E-state index contributed by atoms with van der Waals surface area (Å²) in [5.74, 6) is 1.47. The summed E-state index contributed by atoms with van der Waals surface area (Å²) in [5.41, 5.74) is 6.09. The number of aliphatic imine (C=N–C) groups is 1. The van der Waals surface area contributed by atoms with E-state index in [1.54, 1.807) is 36.8 Å². The molecule has 2 aromatic heterocycles. The maximum atomic E-state index is 13.3. The van der Waals surface area contributed by atoms with Crippen molar-refractivity contribution >= 4 is 23.6 Å². The molecule has 0 amide bonds. The highest BCUT2D eigenvalue weighted by atomic mass is 35.5. The Kier molecular flexibility index (Phi) is 7.87. The lowest BCUT2D eigenvalue weighted by Gasteiger charge is -2.32. The first-order chi connectivity index (χ1) is 19.9. The van der Waals surface area contributed by atoms with Crippen molar-refractivity contribution in [2.24, 2.45) is 4.99 Å². The summed E-state index contributed by atoms with van der Waals surface area (Å²) < 4.78 is 6.24. The van der Waals surface area contributed by atoms with E-state index in [4.69, 9.17) is 16.3 Å². The van der Waals surface area contributed by atoms with Gasteiger partial charge in [-0.2, -0.15) is 4.98 Å². The lowest BCUT2D eigenvalue weighted by atomic mass is 9.98. The van der Waals surface area contributed by atoms with Crippen LogP contribution >= 0.6 is 11.6 Å². The SMILES string of the molecule is Cc1cc(C(=O)Cc2cc(Oc3nc(-c4cccnc4)nc4c3C=NC4)ccc2Cl)ccc1CN1CCN(C)CC1. The average molecular weight is 567 g/mol. The van der Waals surface area contributed by atoms with Gasteiger partial charge in [0.15, 0.2) is 11.6 Å². The monoisotopic (exact) mass is 566 g/mol. The zero-order chi connectivity index (χ0) is 28.3. The number of carbonyl (C=O) groups excluding carboxylic acids is 1. The predicted molar refractivity (Wildman–Crippen MR) is 160 cm³/mol. The Morgan fingerprint density at radius 2 is 1.88 bits per heavy atom. The molecule has 0 saturated carbocycles. The van der Waals surface area contributed by atoms with Gasteiger partial charge < -0.3 is 9.64 Å². The van der Waals surface area contributed by atoms with E-state index >= 15 is 0 Å². The molecule has 208 valence electrons. The van der Waals surface area contributed by atoms with E-state index in [2.05, 4.69) is 49.8 Å². The quantitative estimate of drug-likeness (QED) is 0.264. The number of aryl methyl sites for hydroxylation is 1. The molecule has 8 nitrogen and oxygen atoms in total. The highest BCUT2D eigenvalue weighted by Crippen LogP contribution is 2.32. The van der Waals surface area contributed by atoms with E-state index in [-0.39, 0.29) is 12.2 Å². The number of carbonyl (C=O) groups is 1. The molecular weight excluding hydrogens is 536 g/mol. The molecule has 2 aliphatic rings. The molecule has 0 N–H and O–H groups in total. The van der Waals surface area contributed by atoms with Crippen molar-refractivity contribution in [1.29, 1.82) is 0 Å². The number of nitrogens with zero attached hydrogens (tertiary/aromatic N) is 6. The number of ketones is 1. The molecule has 4 aromatic rings. The van der Waals surface area contributed by atoms with Crippen molar-refractivity contribution in [3.05, 3.63) is 99.5 Å². The fraction of sp³-hybridized carbons (Fsp3) is 0.281. The summed E-state index contributed by atoms with van der Waals surface area (Å²) >= 11 is 6.53. The lowest BCUT2D eigenvalue weighted by molar-refractivity contribution is 0.0993. The zero-order valence-corrected chi connectivity index (χ0v) is 23.9. The molecule has 0 unspecified atom stereocenters.